The van der Waals surface area contributed by atoms with Gasteiger partial charge in [-0.1, -0.05) is 6.07 Å². The van der Waals surface area contributed by atoms with Crippen molar-refractivity contribution in [2.75, 3.05) is 13.1 Å². The van der Waals surface area contributed by atoms with Crippen molar-refractivity contribution in [3.63, 3.8) is 0 Å². The van der Waals surface area contributed by atoms with Crippen LogP contribution in [0.2, 0.25) is 0 Å². The van der Waals surface area contributed by atoms with E-state index in [1.807, 2.05) is 27.0 Å². The standard InChI is InChI=1S/C18H23N5O2S2/c24-15(22-8-5-13(6-9-22)19-17(25)12-3-4-12)7-10-23-16(20-21-18(23)26)14-2-1-11-27-14/h1-2,11-13H,3-10H2,(H,19,25)(H,21,26). The first-order valence-corrected chi connectivity index (χ1v) is 10.7. The predicted octanol–water partition coefficient (Wildman–Crippen LogP) is 2.58. The molecule has 0 unspecified atom stereocenters. The molecule has 0 bridgehead atoms. The molecule has 1 saturated heterocycles. The molecule has 2 aromatic heterocycles. The van der Waals surface area contributed by atoms with Gasteiger partial charge >= 0.3 is 0 Å². The third-order valence-corrected chi connectivity index (χ3v) is 6.37. The molecule has 1 aliphatic carbocycles. The summed E-state index contributed by atoms with van der Waals surface area (Å²) in [5.74, 6) is 1.34. The Bertz CT molecular complexity index is 861. The number of rotatable bonds is 6. The highest BCUT2D eigenvalue weighted by atomic mass is 32.1. The van der Waals surface area contributed by atoms with Crippen LogP contribution >= 0.6 is 23.6 Å². The van der Waals surface area contributed by atoms with Crippen molar-refractivity contribution < 1.29 is 9.59 Å². The molecular formula is C18H23N5O2S2. The normalized spacial score (nSPS) is 17.9. The lowest BCUT2D eigenvalue weighted by Gasteiger charge is -2.32. The van der Waals surface area contributed by atoms with Gasteiger partial charge in [0.1, 0.15) is 0 Å². The molecular weight excluding hydrogens is 382 g/mol. The molecule has 0 spiro atoms. The number of aromatic nitrogens is 3. The largest absolute Gasteiger partial charge is 0.353 e. The molecule has 2 aromatic rings. The first kappa shape index (κ1) is 18.4. The van der Waals surface area contributed by atoms with Crippen molar-refractivity contribution in [3.8, 4) is 10.7 Å². The number of amides is 2. The Balaban J connectivity index is 1.29. The van der Waals surface area contributed by atoms with E-state index in [0.717, 1.165) is 36.4 Å². The Morgan fingerprint density at radius 3 is 2.74 bits per heavy atom. The van der Waals surface area contributed by atoms with E-state index in [4.69, 9.17) is 12.2 Å². The van der Waals surface area contributed by atoms with E-state index in [0.29, 0.717) is 30.8 Å². The van der Waals surface area contributed by atoms with Crippen molar-refractivity contribution >= 4 is 35.4 Å². The number of likely N-dealkylation sites (tertiary alicyclic amines) is 1. The third kappa shape index (κ3) is 4.30. The first-order chi connectivity index (χ1) is 13.1. The predicted molar refractivity (Wildman–Crippen MR) is 106 cm³/mol. The highest BCUT2D eigenvalue weighted by Gasteiger charge is 2.32. The van der Waals surface area contributed by atoms with Crippen molar-refractivity contribution in [3.05, 3.63) is 22.3 Å². The van der Waals surface area contributed by atoms with E-state index in [2.05, 4.69) is 15.5 Å². The van der Waals surface area contributed by atoms with E-state index < -0.39 is 0 Å². The van der Waals surface area contributed by atoms with Crippen molar-refractivity contribution in [1.82, 2.24) is 25.0 Å². The molecule has 2 aliphatic rings. The minimum Gasteiger partial charge on any atom is -0.353 e. The highest BCUT2D eigenvalue weighted by Crippen LogP contribution is 2.29. The average Bonchev–Trinajstić information content (AvgIpc) is 3.27. The number of nitrogens with zero attached hydrogens (tertiary/aromatic N) is 3. The smallest absolute Gasteiger partial charge is 0.224 e. The summed E-state index contributed by atoms with van der Waals surface area (Å²) in [5.41, 5.74) is 0. The Morgan fingerprint density at radius 1 is 1.30 bits per heavy atom. The van der Waals surface area contributed by atoms with E-state index in [1.165, 1.54) is 0 Å². The van der Waals surface area contributed by atoms with Gasteiger partial charge in [0.15, 0.2) is 10.6 Å². The van der Waals surface area contributed by atoms with Crippen LogP contribution in [0.4, 0.5) is 0 Å². The first-order valence-electron chi connectivity index (χ1n) is 9.39. The second-order valence-corrected chi connectivity index (χ2v) is 8.50. The van der Waals surface area contributed by atoms with Crippen LogP contribution in [0.25, 0.3) is 10.7 Å². The lowest BCUT2D eigenvalue weighted by atomic mass is 10.0. The third-order valence-electron chi connectivity index (χ3n) is 5.19. The fourth-order valence-corrected chi connectivity index (χ4v) is 4.37. The number of hydrogen-bond acceptors (Lipinski definition) is 5. The van der Waals surface area contributed by atoms with Crippen LogP contribution in [-0.4, -0.2) is 50.6 Å². The molecule has 2 amide bonds. The molecule has 1 saturated carbocycles. The molecule has 2 N–H and O–H groups in total. The number of hydrogen-bond donors (Lipinski definition) is 2. The second kappa shape index (κ2) is 7.93. The maximum Gasteiger partial charge on any atom is 0.224 e. The minimum atomic E-state index is 0.127. The monoisotopic (exact) mass is 405 g/mol. The number of H-pyrrole nitrogens is 1. The molecule has 1 aliphatic heterocycles. The van der Waals surface area contributed by atoms with Crippen molar-refractivity contribution in [2.45, 2.75) is 44.7 Å². The molecule has 27 heavy (non-hydrogen) atoms. The molecule has 3 heterocycles. The van der Waals surface area contributed by atoms with Crippen molar-refractivity contribution in [2.24, 2.45) is 5.92 Å². The second-order valence-electron chi connectivity index (χ2n) is 7.17. The summed E-state index contributed by atoms with van der Waals surface area (Å²) >= 11 is 6.92. The van der Waals surface area contributed by atoms with Crippen molar-refractivity contribution in [1.29, 1.82) is 0 Å². The van der Waals surface area contributed by atoms with Crippen LogP contribution < -0.4 is 5.32 Å². The molecule has 0 radical (unpaired) electrons. The Kier molecular flexibility index (Phi) is 5.40. The quantitative estimate of drug-likeness (QED) is 0.724. The molecule has 4 rings (SSSR count). The summed E-state index contributed by atoms with van der Waals surface area (Å²) in [5, 5.41) is 12.2. The van der Waals surface area contributed by atoms with Crippen LogP contribution in [0.5, 0.6) is 0 Å². The number of aromatic amines is 1. The molecule has 7 nitrogen and oxygen atoms in total. The van der Waals surface area contributed by atoms with Crippen LogP contribution in [0, 0.1) is 10.7 Å². The van der Waals surface area contributed by atoms with Gasteiger partial charge in [-0.2, -0.15) is 5.10 Å². The number of nitrogens with one attached hydrogen (secondary N) is 2. The van der Waals surface area contributed by atoms with Gasteiger partial charge in [0.2, 0.25) is 11.8 Å². The summed E-state index contributed by atoms with van der Waals surface area (Å²) in [4.78, 5) is 27.4. The van der Waals surface area contributed by atoms with Gasteiger partial charge in [0, 0.05) is 38.0 Å². The van der Waals surface area contributed by atoms with Gasteiger partial charge in [-0.3, -0.25) is 19.3 Å². The average molecular weight is 406 g/mol. The van der Waals surface area contributed by atoms with Gasteiger partial charge in [-0.15, -0.1) is 11.3 Å². The topological polar surface area (TPSA) is 83.0 Å². The lowest BCUT2D eigenvalue weighted by Crippen LogP contribution is -2.47. The van der Waals surface area contributed by atoms with Gasteiger partial charge in [-0.25, -0.2) is 0 Å². The fraction of sp³-hybridized carbons (Fsp3) is 0.556. The van der Waals surface area contributed by atoms with Gasteiger partial charge in [0.25, 0.3) is 0 Å². The Hall–Kier alpha value is -2.00. The van der Waals surface area contributed by atoms with Gasteiger partial charge in [0.05, 0.1) is 4.88 Å². The summed E-state index contributed by atoms with van der Waals surface area (Å²) < 4.78 is 2.43. The highest BCUT2D eigenvalue weighted by molar-refractivity contribution is 7.71. The van der Waals surface area contributed by atoms with E-state index in [9.17, 15) is 9.59 Å². The number of thiophene rings is 1. The number of carbonyl (C=O) groups excluding carboxylic acids is 2. The van der Waals surface area contributed by atoms with Crippen LogP contribution in [0.3, 0.4) is 0 Å². The lowest BCUT2D eigenvalue weighted by molar-refractivity contribution is -0.132. The summed E-state index contributed by atoms with van der Waals surface area (Å²) in [6.07, 6.45) is 4.09. The van der Waals surface area contributed by atoms with E-state index >= 15 is 0 Å². The Morgan fingerprint density at radius 2 is 2.07 bits per heavy atom. The number of piperidine rings is 1. The zero-order valence-electron chi connectivity index (χ0n) is 15.0. The van der Waals surface area contributed by atoms with E-state index in [-0.39, 0.29) is 23.8 Å². The van der Waals surface area contributed by atoms with E-state index in [1.54, 1.807) is 11.3 Å². The zero-order chi connectivity index (χ0) is 18.8. The minimum absolute atomic E-state index is 0.127. The Labute approximate surface area is 166 Å². The fourth-order valence-electron chi connectivity index (χ4n) is 3.42. The molecule has 2 fully saturated rings. The molecule has 0 atom stereocenters. The SMILES string of the molecule is O=C(NC1CCN(C(=O)CCn2c(-c3cccs3)n[nH]c2=S)CC1)C1CC1. The van der Waals surface area contributed by atoms with Crippen LogP contribution in [0.15, 0.2) is 17.5 Å². The molecule has 144 valence electrons. The molecule has 9 heteroatoms. The maximum absolute atomic E-state index is 12.6. The number of carbonyl (C=O) groups is 2. The molecule has 0 aromatic carbocycles. The zero-order valence-corrected chi connectivity index (χ0v) is 16.7. The van der Waals surface area contributed by atoms with Gasteiger partial charge < -0.3 is 10.2 Å². The van der Waals surface area contributed by atoms with Crippen LogP contribution in [-0.2, 0) is 16.1 Å². The van der Waals surface area contributed by atoms with Crippen LogP contribution in [0.1, 0.15) is 32.1 Å². The summed E-state index contributed by atoms with van der Waals surface area (Å²) in [7, 11) is 0. The summed E-state index contributed by atoms with van der Waals surface area (Å²) in [6.45, 7) is 1.91. The summed E-state index contributed by atoms with van der Waals surface area (Å²) in [6, 6.07) is 4.17. The maximum atomic E-state index is 12.6. The van der Waals surface area contributed by atoms with Gasteiger partial charge in [-0.05, 0) is 49.3 Å².